The first kappa shape index (κ1) is 11.8. The molecular formula is C16H18N2O2. The van der Waals surface area contributed by atoms with Crippen molar-refractivity contribution in [3.05, 3.63) is 29.5 Å². The zero-order chi connectivity index (χ0) is 13.9. The Kier molecular flexibility index (Phi) is 2.23. The number of aromatic nitrogens is 1. The lowest BCUT2D eigenvalue weighted by Crippen LogP contribution is -2.46. The SMILES string of the molecule is COc1ccc2[nH]c3c(c2c1)CCN1C(=O)CC[C@@]31C. The third-order valence-corrected chi connectivity index (χ3v) is 4.96. The van der Waals surface area contributed by atoms with E-state index in [-0.39, 0.29) is 11.4 Å². The number of hydrogen-bond donors (Lipinski definition) is 1. The Morgan fingerprint density at radius 3 is 3.00 bits per heavy atom. The van der Waals surface area contributed by atoms with E-state index in [2.05, 4.69) is 24.0 Å². The lowest BCUT2D eigenvalue weighted by molar-refractivity contribution is -0.131. The fourth-order valence-corrected chi connectivity index (χ4v) is 3.82. The van der Waals surface area contributed by atoms with Gasteiger partial charge in [-0.1, -0.05) is 0 Å². The third-order valence-electron chi connectivity index (χ3n) is 4.96. The molecule has 0 saturated carbocycles. The van der Waals surface area contributed by atoms with Gasteiger partial charge in [0.2, 0.25) is 5.91 Å². The molecule has 2 aliphatic rings. The largest absolute Gasteiger partial charge is 0.497 e. The predicted octanol–water partition coefficient (Wildman–Crippen LogP) is 2.57. The quantitative estimate of drug-likeness (QED) is 0.865. The van der Waals surface area contributed by atoms with Crippen LogP contribution in [-0.4, -0.2) is 29.4 Å². The van der Waals surface area contributed by atoms with Crippen molar-refractivity contribution in [3.8, 4) is 5.75 Å². The molecule has 1 N–H and O–H groups in total. The van der Waals surface area contributed by atoms with Gasteiger partial charge in [-0.15, -0.1) is 0 Å². The number of hydrogen-bond acceptors (Lipinski definition) is 2. The molecule has 2 aliphatic heterocycles. The Hall–Kier alpha value is -1.97. The Balaban J connectivity index is 1.95. The van der Waals surface area contributed by atoms with Gasteiger partial charge in [0.05, 0.1) is 12.6 Å². The summed E-state index contributed by atoms with van der Waals surface area (Å²) in [7, 11) is 1.69. The lowest BCUT2D eigenvalue weighted by Gasteiger charge is -2.39. The Morgan fingerprint density at radius 2 is 2.20 bits per heavy atom. The molecule has 1 aromatic heterocycles. The summed E-state index contributed by atoms with van der Waals surface area (Å²) in [5.41, 5.74) is 3.56. The van der Waals surface area contributed by atoms with Crippen molar-refractivity contribution >= 4 is 16.8 Å². The van der Waals surface area contributed by atoms with Crippen LogP contribution < -0.4 is 4.74 Å². The number of aromatic amines is 1. The van der Waals surface area contributed by atoms with E-state index in [0.29, 0.717) is 6.42 Å². The van der Waals surface area contributed by atoms with Gasteiger partial charge in [0.15, 0.2) is 0 Å². The maximum absolute atomic E-state index is 12.0. The molecular weight excluding hydrogens is 252 g/mol. The molecule has 1 fully saturated rings. The first-order valence-corrected chi connectivity index (χ1v) is 7.13. The van der Waals surface area contributed by atoms with Crippen LogP contribution in [0.4, 0.5) is 0 Å². The second kappa shape index (κ2) is 3.78. The zero-order valence-corrected chi connectivity index (χ0v) is 11.8. The van der Waals surface area contributed by atoms with Crippen LogP contribution in [0.2, 0.25) is 0 Å². The van der Waals surface area contributed by atoms with Crippen LogP contribution in [0.1, 0.15) is 31.0 Å². The topological polar surface area (TPSA) is 45.3 Å². The number of nitrogens with zero attached hydrogens (tertiary/aromatic N) is 1. The van der Waals surface area contributed by atoms with Crippen LogP contribution in [-0.2, 0) is 16.8 Å². The molecule has 1 aromatic carbocycles. The molecule has 20 heavy (non-hydrogen) atoms. The van der Waals surface area contributed by atoms with Gasteiger partial charge in [-0.05, 0) is 43.5 Å². The standard InChI is InChI=1S/C16H18N2O2/c1-16-7-5-14(19)18(16)8-6-11-12-9-10(20-2)3-4-13(12)17-15(11)16/h3-4,9,17H,5-8H2,1-2H3/t16-/m0/s1. The molecule has 4 nitrogen and oxygen atoms in total. The van der Waals surface area contributed by atoms with Crippen LogP contribution in [0, 0.1) is 0 Å². The molecule has 1 amide bonds. The summed E-state index contributed by atoms with van der Waals surface area (Å²) >= 11 is 0. The molecule has 0 unspecified atom stereocenters. The lowest BCUT2D eigenvalue weighted by atomic mass is 9.86. The first-order valence-electron chi connectivity index (χ1n) is 7.13. The van der Waals surface area contributed by atoms with Crippen molar-refractivity contribution < 1.29 is 9.53 Å². The maximum atomic E-state index is 12.0. The number of H-pyrrole nitrogens is 1. The second-order valence-electron chi connectivity index (χ2n) is 5.96. The van der Waals surface area contributed by atoms with Crippen molar-refractivity contribution in [3.63, 3.8) is 0 Å². The van der Waals surface area contributed by atoms with Crippen molar-refractivity contribution in [2.75, 3.05) is 13.7 Å². The van der Waals surface area contributed by atoms with Gasteiger partial charge in [-0.2, -0.15) is 0 Å². The fourth-order valence-electron chi connectivity index (χ4n) is 3.82. The van der Waals surface area contributed by atoms with Gasteiger partial charge >= 0.3 is 0 Å². The summed E-state index contributed by atoms with van der Waals surface area (Å²) in [6.07, 6.45) is 2.49. The number of amides is 1. The van der Waals surface area contributed by atoms with Gasteiger partial charge in [0.1, 0.15) is 5.75 Å². The highest BCUT2D eigenvalue weighted by Crippen LogP contribution is 2.45. The molecule has 0 aliphatic carbocycles. The first-order chi connectivity index (χ1) is 9.63. The van der Waals surface area contributed by atoms with Crippen LogP contribution in [0.25, 0.3) is 10.9 Å². The number of nitrogens with one attached hydrogen (secondary N) is 1. The number of methoxy groups -OCH3 is 1. The smallest absolute Gasteiger partial charge is 0.223 e. The molecule has 4 heteroatoms. The molecule has 1 atom stereocenters. The summed E-state index contributed by atoms with van der Waals surface area (Å²) in [5.74, 6) is 1.17. The van der Waals surface area contributed by atoms with E-state index in [0.717, 1.165) is 30.7 Å². The van der Waals surface area contributed by atoms with Gasteiger partial charge in [-0.25, -0.2) is 0 Å². The monoisotopic (exact) mass is 270 g/mol. The van der Waals surface area contributed by atoms with Gasteiger partial charge in [-0.3, -0.25) is 4.79 Å². The number of carbonyl (C=O) groups excluding carboxylic acids is 1. The van der Waals surface area contributed by atoms with Crippen molar-refractivity contribution in [2.24, 2.45) is 0 Å². The van der Waals surface area contributed by atoms with Crippen molar-refractivity contribution in [1.29, 1.82) is 0 Å². The summed E-state index contributed by atoms with van der Waals surface area (Å²) in [6, 6.07) is 6.14. The van der Waals surface area contributed by atoms with Gasteiger partial charge < -0.3 is 14.6 Å². The number of carbonyl (C=O) groups is 1. The van der Waals surface area contributed by atoms with E-state index in [1.54, 1.807) is 7.11 Å². The average Bonchev–Trinajstić information content (AvgIpc) is 2.97. The zero-order valence-electron chi connectivity index (χ0n) is 11.8. The molecule has 0 spiro atoms. The van der Waals surface area contributed by atoms with Crippen molar-refractivity contribution in [1.82, 2.24) is 9.88 Å². The van der Waals surface area contributed by atoms with Gasteiger partial charge in [0, 0.05) is 29.6 Å². The van der Waals surface area contributed by atoms with E-state index in [4.69, 9.17) is 4.74 Å². The normalized spacial score (nSPS) is 24.9. The summed E-state index contributed by atoms with van der Waals surface area (Å²) in [6.45, 7) is 3.01. The predicted molar refractivity (Wildman–Crippen MR) is 76.9 cm³/mol. The highest BCUT2D eigenvalue weighted by atomic mass is 16.5. The average molecular weight is 270 g/mol. The number of benzene rings is 1. The maximum Gasteiger partial charge on any atom is 0.223 e. The van der Waals surface area contributed by atoms with E-state index >= 15 is 0 Å². The summed E-state index contributed by atoms with van der Waals surface area (Å²) in [5, 5.41) is 1.24. The molecule has 2 aromatic rings. The summed E-state index contributed by atoms with van der Waals surface area (Å²) < 4.78 is 5.33. The number of fused-ring (bicyclic) bond motifs is 5. The van der Waals surface area contributed by atoms with Crippen LogP contribution in [0.5, 0.6) is 5.75 Å². The van der Waals surface area contributed by atoms with E-state index < -0.39 is 0 Å². The Morgan fingerprint density at radius 1 is 1.35 bits per heavy atom. The third kappa shape index (κ3) is 1.34. The highest BCUT2D eigenvalue weighted by Gasteiger charge is 2.47. The van der Waals surface area contributed by atoms with Gasteiger partial charge in [0.25, 0.3) is 0 Å². The van der Waals surface area contributed by atoms with Crippen molar-refractivity contribution in [2.45, 2.75) is 31.7 Å². The highest BCUT2D eigenvalue weighted by molar-refractivity contribution is 5.88. The minimum absolute atomic E-state index is 0.156. The Bertz CT molecular complexity index is 719. The molecule has 1 saturated heterocycles. The fraction of sp³-hybridized carbons (Fsp3) is 0.438. The molecule has 4 rings (SSSR count). The minimum Gasteiger partial charge on any atom is -0.497 e. The second-order valence-corrected chi connectivity index (χ2v) is 5.96. The molecule has 104 valence electrons. The van der Waals surface area contributed by atoms with E-state index in [1.807, 2.05) is 11.0 Å². The minimum atomic E-state index is -0.156. The van der Waals surface area contributed by atoms with Crippen LogP contribution >= 0.6 is 0 Å². The summed E-state index contributed by atoms with van der Waals surface area (Å²) in [4.78, 5) is 17.6. The molecule has 0 bridgehead atoms. The molecule has 3 heterocycles. The van der Waals surface area contributed by atoms with Crippen LogP contribution in [0.3, 0.4) is 0 Å². The number of ether oxygens (including phenoxy) is 1. The van der Waals surface area contributed by atoms with E-state index in [9.17, 15) is 4.79 Å². The van der Waals surface area contributed by atoms with Crippen LogP contribution in [0.15, 0.2) is 18.2 Å². The number of rotatable bonds is 1. The Labute approximate surface area is 117 Å². The molecule has 0 radical (unpaired) electrons. The van der Waals surface area contributed by atoms with E-state index in [1.165, 1.54) is 16.6 Å².